The molecule has 1 aromatic rings. The fourth-order valence-corrected chi connectivity index (χ4v) is 7.43. The zero-order valence-corrected chi connectivity index (χ0v) is 37.2. The van der Waals surface area contributed by atoms with Crippen LogP contribution in [-0.2, 0) is 49.6 Å². The van der Waals surface area contributed by atoms with Gasteiger partial charge in [-0.3, -0.25) is 38.4 Å². The van der Waals surface area contributed by atoms with Gasteiger partial charge in [0.05, 0.1) is 25.1 Å². The lowest BCUT2D eigenvalue weighted by molar-refractivity contribution is -0.148. The summed E-state index contributed by atoms with van der Waals surface area (Å²) in [6.45, 7) is 9.85. The summed E-state index contributed by atoms with van der Waals surface area (Å²) in [6, 6.07) is -11.7. The van der Waals surface area contributed by atoms with Crippen molar-refractivity contribution in [2.45, 2.75) is 147 Å². The van der Waals surface area contributed by atoms with Gasteiger partial charge in [-0.2, -0.15) is 0 Å². The Bertz CT molecular complexity index is 1830. The molecule has 3 rings (SSSR count). The zero-order chi connectivity index (χ0) is 48.2. The molecule has 24 heteroatoms. The Labute approximate surface area is 370 Å². The summed E-state index contributed by atoms with van der Waals surface area (Å²) in [5, 5.41) is 54.0. The summed E-state index contributed by atoms with van der Waals surface area (Å²) in [5.74, 6) is -8.60. The number of rotatable bonds is 22. The molecule has 3 heterocycles. The molecule has 2 aliphatic heterocycles. The molecule has 0 radical (unpaired) electrons. The molecule has 0 aromatic carbocycles. The molecule has 0 unspecified atom stereocenters. The van der Waals surface area contributed by atoms with Crippen molar-refractivity contribution < 1.29 is 63.6 Å². The van der Waals surface area contributed by atoms with E-state index in [0.717, 1.165) is 0 Å². The number of hydrogen-bond acceptors (Lipinski definition) is 14. The second kappa shape index (κ2) is 23.8. The van der Waals surface area contributed by atoms with Crippen molar-refractivity contribution in [3.05, 3.63) is 18.2 Å². The Balaban J connectivity index is 1.71. The second-order valence-electron chi connectivity index (χ2n) is 17.0. The molecule has 0 saturated carbocycles. The van der Waals surface area contributed by atoms with Gasteiger partial charge in [-0.1, -0.05) is 27.7 Å². The van der Waals surface area contributed by atoms with E-state index < -0.39 is 138 Å². The third kappa shape index (κ3) is 13.9. The smallest absolute Gasteiger partial charge is 0.326 e. The van der Waals surface area contributed by atoms with Gasteiger partial charge >= 0.3 is 5.97 Å². The molecule has 13 N–H and O–H groups in total. The number of aliphatic carboxylic acids is 1. The maximum absolute atomic E-state index is 14.1. The number of nitrogens with two attached hydrogens (primary N) is 1. The molecule has 8 amide bonds. The first kappa shape index (κ1) is 52.6. The Morgan fingerprint density at radius 2 is 1.22 bits per heavy atom. The number of nitrogens with zero attached hydrogens (tertiary/aromatic N) is 3. The molecule has 0 spiro atoms. The number of aliphatic hydroxyl groups is 3. The van der Waals surface area contributed by atoms with Gasteiger partial charge in [-0.15, -0.1) is 0 Å². The number of carbonyl (C=O) groups is 9. The van der Waals surface area contributed by atoms with Crippen LogP contribution in [0.1, 0.15) is 79.8 Å². The molecule has 0 bridgehead atoms. The number of aromatic nitrogens is 2. The predicted octanol–water partition coefficient (Wildman–Crippen LogP) is -4.66. The van der Waals surface area contributed by atoms with Crippen LogP contribution in [0.3, 0.4) is 0 Å². The predicted molar refractivity (Wildman–Crippen MR) is 225 cm³/mol. The highest BCUT2D eigenvalue weighted by Crippen LogP contribution is 2.26. The molecule has 2 fully saturated rings. The number of aliphatic hydroxyl groups excluding tert-OH is 3. The van der Waals surface area contributed by atoms with Crippen LogP contribution in [0.15, 0.2) is 12.5 Å². The molecular formula is C40H65N11O13. The van der Waals surface area contributed by atoms with E-state index in [4.69, 9.17) is 10.8 Å². The number of carbonyl (C=O) groups excluding carboxylic acids is 8. The minimum absolute atomic E-state index is 0.0732. The summed E-state index contributed by atoms with van der Waals surface area (Å²) >= 11 is 0. The first-order chi connectivity index (χ1) is 30.0. The molecule has 2 saturated heterocycles. The van der Waals surface area contributed by atoms with Crippen LogP contribution in [0.2, 0.25) is 0 Å². The van der Waals surface area contributed by atoms with Crippen LogP contribution < -0.4 is 37.6 Å². The van der Waals surface area contributed by atoms with Crippen molar-refractivity contribution in [1.29, 1.82) is 0 Å². The van der Waals surface area contributed by atoms with Crippen molar-refractivity contribution in [2.75, 3.05) is 19.7 Å². The zero-order valence-electron chi connectivity index (χ0n) is 37.2. The molecule has 358 valence electrons. The van der Waals surface area contributed by atoms with Crippen LogP contribution >= 0.6 is 0 Å². The number of amides is 8. The fraction of sp³-hybridized carbons (Fsp3) is 0.700. The molecule has 2 aliphatic rings. The third-order valence-corrected chi connectivity index (χ3v) is 11.1. The van der Waals surface area contributed by atoms with Gasteiger partial charge in [-0.05, 0) is 58.3 Å². The Morgan fingerprint density at radius 3 is 1.73 bits per heavy atom. The number of carboxylic acid groups (broad SMARTS) is 1. The number of hydrogen-bond donors (Lipinski definition) is 12. The van der Waals surface area contributed by atoms with Gasteiger partial charge in [0, 0.05) is 31.4 Å². The van der Waals surface area contributed by atoms with E-state index in [1.54, 1.807) is 27.7 Å². The summed E-state index contributed by atoms with van der Waals surface area (Å²) in [7, 11) is 0. The molecule has 64 heavy (non-hydrogen) atoms. The van der Waals surface area contributed by atoms with E-state index in [1.807, 2.05) is 0 Å². The lowest BCUT2D eigenvalue weighted by Crippen LogP contribution is -2.62. The number of imidazole rings is 1. The monoisotopic (exact) mass is 907 g/mol. The Morgan fingerprint density at radius 1 is 0.703 bits per heavy atom. The summed E-state index contributed by atoms with van der Waals surface area (Å²) < 4.78 is 0. The quantitative estimate of drug-likeness (QED) is 0.0521. The van der Waals surface area contributed by atoms with Gasteiger partial charge in [0.15, 0.2) is 0 Å². The minimum atomic E-state index is -1.67. The van der Waals surface area contributed by atoms with Crippen molar-refractivity contribution in [3.8, 4) is 0 Å². The number of likely N-dealkylation sites (tertiary alicyclic amines) is 2. The normalized spacial score (nSPS) is 20.5. The van der Waals surface area contributed by atoms with Crippen molar-refractivity contribution in [3.63, 3.8) is 0 Å². The highest BCUT2D eigenvalue weighted by molar-refractivity contribution is 5.98. The number of carboxylic acids is 1. The van der Waals surface area contributed by atoms with Gasteiger partial charge in [-0.25, -0.2) is 9.78 Å². The average Bonchev–Trinajstić information content (AvgIpc) is 4.04. The van der Waals surface area contributed by atoms with Crippen LogP contribution in [0.25, 0.3) is 0 Å². The second-order valence-corrected chi connectivity index (χ2v) is 17.0. The van der Waals surface area contributed by atoms with Gasteiger partial charge < -0.3 is 72.8 Å². The van der Waals surface area contributed by atoms with Crippen molar-refractivity contribution in [2.24, 2.45) is 17.6 Å². The van der Waals surface area contributed by atoms with Crippen LogP contribution in [0.4, 0.5) is 0 Å². The molecule has 0 aliphatic carbocycles. The number of H-pyrrole nitrogens is 1. The lowest BCUT2D eigenvalue weighted by atomic mass is 10.0. The first-order valence-corrected chi connectivity index (χ1v) is 21.4. The van der Waals surface area contributed by atoms with E-state index >= 15 is 0 Å². The first-order valence-electron chi connectivity index (χ1n) is 21.4. The largest absolute Gasteiger partial charge is 0.480 e. The van der Waals surface area contributed by atoms with E-state index in [-0.39, 0.29) is 32.4 Å². The van der Waals surface area contributed by atoms with Gasteiger partial charge in [0.1, 0.15) is 54.4 Å². The van der Waals surface area contributed by atoms with E-state index in [2.05, 4.69) is 41.9 Å². The molecule has 1 aromatic heterocycles. The van der Waals surface area contributed by atoms with Crippen LogP contribution in [0, 0.1) is 11.8 Å². The Kier molecular flexibility index (Phi) is 19.6. The maximum atomic E-state index is 14.1. The number of nitrogens with one attached hydrogen (secondary N) is 7. The van der Waals surface area contributed by atoms with Gasteiger partial charge in [0.25, 0.3) is 0 Å². The van der Waals surface area contributed by atoms with Crippen LogP contribution in [0.5, 0.6) is 0 Å². The lowest BCUT2D eigenvalue weighted by Gasteiger charge is -2.33. The SMILES string of the molecule is CC(C)[C@H](NC(=O)[C@H](Cc1cnc[nH]1)NC(=O)[C@@H](NC(=O)[C@@H]1CCCN1C(=O)[C@@H]1CCCN1C(=O)[C@H](C)NC(=O)[C@@H](NC(=O)[C@@H](NC(=O)[C@@H](N)CO)[C@@H](C)O)[C@@H](C)O)C(C)C)C(=O)O. The van der Waals surface area contributed by atoms with Crippen molar-refractivity contribution in [1.82, 2.24) is 51.7 Å². The third-order valence-electron chi connectivity index (χ3n) is 11.1. The number of aromatic amines is 1. The average molecular weight is 908 g/mol. The highest BCUT2D eigenvalue weighted by Gasteiger charge is 2.44. The summed E-state index contributed by atoms with van der Waals surface area (Å²) in [6.07, 6.45) is 1.07. The van der Waals surface area contributed by atoms with E-state index in [1.165, 1.54) is 43.1 Å². The summed E-state index contributed by atoms with van der Waals surface area (Å²) in [5.41, 5.74) is 5.96. The molecule has 24 nitrogen and oxygen atoms in total. The van der Waals surface area contributed by atoms with Gasteiger partial charge in [0.2, 0.25) is 47.3 Å². The summed E-state index contributed by atoms with van der Waals surface area (Å²) in [4.78, 5) is 129. The molecular weight excluding hydrogens is 843 g/mol. The van der Waals surface area contributed by atoms with Crippen LogP contribution in [-0.4, -0.2) is 180 Å². The topological polar surface area (TPSA) is 368 Å². The minimum Gasteiger partial charge on any atom is -0.480 e. The standard InChI is InChI=1S/C40H65N11O13/c1-18(2)28(35(58)45-25(14-23-15-42-17-43-23)33(56)47-29(19(3)4)40(63)64)46-34(57)26-10-8-12-50(26)39(62)27-11-9-13-51(27)38(61)20(5)44-36(59)30(21(6)53)49-37(60)31(22(7)54)48-32(55)24(41)16-52/h15,17-22,24-31,52-54H,8-14,16,41H2,1-7H3,(H,42,43)(H,44,59)(H,45,58)(H,46,57)(H,47,56)(H,48,55)(H,49,60)(H,63,64)/t20-,21+,22+,24-,25-,26-,27-,28-,29-,30-,31-/m0/s1. The highest BCUT2D eigenvalue weighted by atomic mass is 16.4. The fourth-order valence-electron chi connectivity index (χ4n) is 7.43. The maximum Gasteiger partial charge on any atom is 0.326 e. The Hall–Kier alpha value is -5.72. The van der Waals surface area contributed by atoms with Crippen molar-refractivity contribution >= 4 is 53.2 Å². The molecule has 11 atom stereocenters. The van der Waals surface area contributed by atoms with E-state index in [9.17, 15) is 58.5 Å². The van der Waals surface area contributed by atoms with E-state index in [0.29, 0.717) is 18.5 Å².